The molecule has 1 aliphatic heterocycles. The van der Waals surface area contributed by atoms with E-state index in [2.05, 4.69) is 18.7 Å². The summed E-state index contributed by atoms with van der Waals surface area (Å²) in [5.74, 6) is -0.455. The van der Waals surface area contributed by atoms with Gasteiger partial charge in [-0.15, -0.1) is 0 Å². The van der Waals surface area contributed by atoms with Crippen molar-refractivity contribution in [2.24, 2.45) is 0 Å². The van der Waals surface area contributed by atoms with E-state index in [-0.39, 0.29) is 24.0 Å². The van der Waals surface area contributed by atoms with Gasteiger partial charge in [0.25, 0.3) is 5.91 Å². The molecule has 0 spiro atoms. The molecule has 1 heterocycles. The molecular weight excluding hydrogens is 542 g/mol. The number of nitrogens with zero attached hydrogens (tertiary/aromatic N) is 3. The maximum Gasteiger partial charge on any atom is 0.308 e. The Balaban J connectivity index is 1.50. The van der Waals surface area contributed by atoms with Crippen LogP contribution in [0.3, 0.4) is 0 Å². The van der Waals surface area contributed by atoms with Crippen LogP contribution < -0.4 is 4.74 Å². The highest BCUT2D eigenvalue weighted by Gasteiger charge is 2.26. The molecule has 0 aliphatic carbocycles. The van der Waals surface area contributed by atoms with E-state index in [1.807, 2.05) is 17.0 Å². The van der Waals surface area contributed by atoms with Gasteiger partial charge in [-0.2, -0.15) is 0 Å². The zero-order valence-corrected chi connectivity index (χ0v) is 25.5. The first-order chi connectivity index (χ1) is 19.5. The van der Waals surface area contributed by atoms with Crippen molar-refractivity contribution in [3.05, 3.63) is 59.7 Å². The number of carbonyl (C=O) groups is 3. The molecule has 0 N–H and O–H groups in total. The van der Waals surface area contributed by atoms with Gasteiger partial charge in [0.15, 0.2) is 9.84 Å². The lowest BCUT2D eigenvalue weighted by molar-refractivity contribution is -0.132. The summed E-state index contributed by atoms with van der Waals surface area (Å²) in [7, 11) is -3.20. The smallest absolute Gasteiger partial charge is 0.308 e. The van der Waals surface area contributed by atoms with Gasteiger partial charge in [-0.3, -0.25) is 14.4 Å². The molecule has 2 aromatic rings. The van der Waals surface area contributed by atoms with Gasteiger partial charge in [0, 0.05) is 51.8 Å². The maximum absolute atomic E-state index is 13.2. The average Bonchev–Trinajstić information content (AvgIpc) is 3.11. The van der Waals surface area contributed by atoms with Gasteiger partial charge < -0.3 is 19.4 Å². The van der Waals surface area contributed by atoms with Crippen LogP contribution in [0.5, 0.6) is 5.75 Å². The lowest BCUT2D eigenvalue weighted by Gasteiger charge is -2.29. The zero-order valence-electron chi connectivity index (χ0n) is 24.7. The van der Waals surface area contributed by atoms with Gasteiger partial charge in [0.1, 0.15) is 5.75 Å². The summed E-state index contributed by atoms with van der Waals surface area (Å²) in [6.07, 6.45) is 5.16. The molecule has 1 fully saturated rings. The molecule has 3 rings (SSSR count). The number of esters is 1. The highest BCUT2D eigenvalue weighted by molar-refractivity contribution is 7.90. The first-order valence-electron chi connectivity index (χ1n) is 14.4. The topological polar surface area (TPSA) is 104 Å². The molecule has 41 heavy (non-hydrogen) atoms. The molecule has 1 unspecified atom stereocenters. The summed E-state index contributed by atoms with van der Waals surface area (Å²) in [6.45, 7) is 9.41. The molecule has 10 heteroatoms. The highest BCUT2D eigenvalue weighted by Crippen LogP contribution is 2.21. The fourth-order valence-corrected chi connectivity index (χ4v) is 5.79. The third kappa shape index (κ3) is 9.67. The van der Waals surface area contributed by atoms with Crippen molar-refractivity contribution >= 4 is 27.6 Å². The number of para-hydroxylation sites is 1. The van der Waals surface area contributed by atoms with Gasteiger partial charge in [-0.25, -0.2) is 8.42 Å². The Hall–Kier alpha value is -3.24. The second-order valence-corrected chi connectivity index (χ2v) is 12.7. The number of hydrogen-bond acceptors (Lipinski definition) is 7. The summed E-state index contributed by atoms with van der Waals surface area (Å²) >= 11 is 0. The third-order valence-electron chi connectivity index (χ3n) is 7.39. The molecule has 1 aliphatic rings. The Morgan fingerprint density at radius 2 is 1.71 bits per heavy atom. The van der Waals surface area contributed by atoms with Gasteiger partial charge in [0.05, 0.1) is 10.5 Å². The Labute approximate surface area is 244 Å². The van der Waals surface area contributed by atoms with Gasteiger partial charge in [-0.1, -0.05) is 31.2 Å². The number of unbranched alkanes of at least 4 members (excludes halogenated alkanes) is 1. The van der Waals surface area contributed by atoms with Crippen molar-refractivity contribution in [1.82, 2.24) is 14.7 Å². The zero-order chi connectivity index (χ0) is 30.0. The summed E-state index contributed by atoms with van der Waals surface area (Å²) in [4.78, 5) is 43.8. The molecule has 0 aromatic heterocycles. The Morgan fingerprint density at radius 1 is 1.00 bits per heavy atom. The maximum atomic E-state index is 13.2. The van der Waals surface area contributed by atoms with Gasteiger partial charge in [-0.05, 0) is 75.5 Å². The lowest BCUT2D eigenvalue weighted by Crippen LogP contribution is -2.38. The van der Waals surface area contributed by atoms with Crippen molar-refractivity contribution in [3.63, 3.8) is 0 Å². The average molecular weight is 586 g/mol. The SMILES string of the molecule is CCCN(CCCCN1CCN(C(=O)c2ccccc2OC(C)=O)CCC1=O)C(C)Cc1ccc(S(C)(=O)=O)cc1. The molecular formula is C31H43N3O6S. The van der Waals surface area contributed by atoms with E-state index in [1.54, 1.807) is 41.3 Å². The van der Waals surface area contributed by atoms with E-state index in [0.29, 0.717) is 42.7 Å². The number of rotatable bonds is 13. The van der Waals surface area contributed by atoms with Crippen molar-refractivity contribution in [2.45, 2.75) is 63.8 Å². The van der Waals surface area contributed by atoms with Crippen LogP contribution in [-0.2, 0) is 25.8 Å². The number of hydrogen-bond donors (Lipinski definition) is 0. The lowest BCUT2D eigenvalue weighted by atomic mass is 10.1. The monoisotopic (exact) mass is 585 g/mol. The third-order valence-corrected chi connectivity index (χ3v) is 8.52. The molecule has 9 nitrogen and oxygen atoms in total. The van der Waals surface area contributed by atoms with Crippen LogP contribution in [0.2, 0.25) is 0 Å². The van der Waals surface area contributed by atoms with Crippen LogP contribution in [0.15, 0.2) is 53.4 Å². The van der Waals surface area contributed by atoms with Crippen molar-refractivity contribution in [3.8, 4) is 5.75 Å². The molecule has 0 saturated carbocycles. The number of sulfone groups is 1. The number of carbonyl (C=O) groups excluding carboxylic acids is 3. The van der Waals surface area contributed by atoms with E-state index < -0.39 is 15.8 Å². The van der Waals surface area contributed by atoms with Crippen molar-refractivity contribution in [2.75, 3.05) is 45.5 Å². The Kier molecular flexibility index (Phi) is 11.9. The van der Waals surface area contributed by atoms with Gasteiger partial charge >= 0.3 is 5.97 Å². The largest absolute Gasteiger partial charge is 0.426 e. The fraction of sp³-hybridized carbons (Fsp3) is 0.516. The first-order valence-corrected chi connectivity index (χ1v) is 16.3. The minimum atomic E-state index is -3.20. The number of benzene rings is 2. The molecule has 224 valence electrons. The first kappa shape index (κ1) is 32.3. The van der Waals surface area contributed by atoms with Crippen LogP contribution in [0.4, 0.5) is 0 Å². The summed E-state index contributed by atoms with van der Waals surface area (Å²) < 4.78 is 28.7. The molecule has 1 atom stereocenters. The van der Waals surface area contributed by atoms with Gasteiger partial charge in [0.2, 0.25) is 5.91 Å². The Morgan fingerprint density at radius 3 is 2.37 bits per heavy atom. The van der Waals surface area contributed by atoms with Crippen LogP contribution in [0.1, 0.15) is 62.4 Å². The normalized spacial score (nSPS) is 15.1. The summed E-state index contributed by atoms with van der Waals surface area (Å²) in [5.41, 5.74) is 1.43. The molecule has 1 saturated heterocycles. The van der Waals surface area contributed by atoms with Crippen molar-refractivity contribution < 1.29 is 27.5 Å². The standard InChI is InChI=1S/C31H43N3O6S/c1-5-17-32(24(2)23-26-12-14-27(15-13-26)41(4,38)39)18-8-9-19-33-21-22-34(20-16-30(33)36)31(37)28-10-6-7-11-29(28)40-25(3)35/h6-7,10-15,24H,5,8-9,16-23H2,1-4H3. The highest BCUT2D eigenvalue weighted by atomic mass is 32.2. The summed E-state index contributed by atoms with van der Waals surface area (Å²) in [6, 6.07) is 14.1. The van der Waals surface area contributed by atoms with E-state index in [0.717, 1.165) is 44.3 Å². The Bertz CT molecular complexity index is 1300. The second-order valence-electron chi connectivity index (χ2n) is 10.7. The second kappa shape index (κ2) is 15.1. The fourth-order valence-electron chi connectivity index (χ4n) is 5.16. The minimum Gasteiger partial charge on any atom is -0.426 e. The molecule has 0 radical (unpaired) electrons. The quantitative estimate of drug-likeness (QED) is 0.200. The minimum absolute atomic E-state index is 0.0462. The number of amides is 2. The number of ether oxygens (including phenoxy) is 1. The van der Waals surface area contributed by atoms with Crippen LogP contribution in [0.25, 0.3) is 0 Å². The van der Waals surface area contributed by atoms with Crippen LogP contribution in [-0.4, -0.2) is 92.5 Å². The van der Waals surface area contributed by atoms with E-state index in [9.17, 15) is 22.8 Å². The predicted octanol–water partition coefficient (Wildman–Crippen LogP) is 3.81. The van der Waals surface area contributed by atoms with E-state index >= 15 is 0 Å². The molecule has 2 amide bonds. The van der Waals surface area contributed by atoms with Crippen LogP contribution in [0, 0.1) is 0 Å². The van der Waals surface area contributed by atoms with Crippen molar-refractivity contribution in [1.29, 1.82) is 0 Å². The van der Waals surface area contributed by atoms with E-state index in [4.69, 9.17) is 4.74 Å². The summed E-state index contributed by atoms with van der Waals surface area (Å²) in [5, 5.41) is 0. The van der Waals surface area contributed by atoms with Crippen LogP contribution >= 0.6 is 0 Å². The molecule has 2 aromatic carbocycles. The predicted molar refractivity (Wildman–Crippen MR) is 159 cm³/mol. The van der Waals surface area contributed by atoms with E-state index in [1.165, 1.54) is 13.2 Å². The molecule has 0 bridgehead atoms.